The summed E-state index contributed by atoms with van der Waals surface area (Å²) in [6, 6.07) is 1.69. The Morgan fingerprint density at radius 2 is 1.83 bits per heavy atom. The number of allylic oxidation sites excluding steroid dienone is 1. The fraction of sp³-hybridized carbons (Fsp3) is 0.708. The highest BCUT2D eigenvalue weighted by Gasteiger charge is 2.26. The second kappa shape index (κ2) is 13.8. The number of rotatable bonds is 17. The molecule has 1 aromatic heterocycles. The number of hydrogen-bond acceptors (Lipinski definition) is 4. The van der Waals surface area contributed by atoms with Gasteiger partial charge in [-0.2, -0.15) is 0 Å². The molecular weight excluding hydrogens is 382 g/mol. The number of thioether (sulfide) groups is 1. The van der Waals surface area contributed by atoms with E-state index in [9.17, 15) is 15.0 Å². The van der Waals surface area contributed by atoms with Crippen LogP contribution in [0.3, 0.4) is 0 Å². The predicted octanol–water partition coefficient (Wildman–Crippen LogP) is 7.23. The van der Waals surface area contributed by atoms with Crippen molar-refractivity contribution in [3.63, 3.8) is 0 Å². The summed E-state index contributed by atoms with van der Waals surface area (Å²) < 4.78 is 1.66. The molecule has 166 valence electrons. The van der Waals surface area contributed by atoms with Gasteiger partial charge in [-0.15, -0.1) is 18.3 Å². The third-order valence-corrected chi connectivity index (χ3v) is 7.13. The fourth-order valence-electron chi connectivity index (χ4n) is 3.42. The van der Waals surface area contributed by atoms with Crippen LogP contribution in [0.4, 0.5) is 0 Å². The molecule has 4 nitrogen and oxygen atoms in total. The van der Waals surface area contributed by atoms with Crippen LogP contribution >= 0.6 is 11.8 Å². The molecule has 0 amide bonds. The molecule has 0 radical (unpaired) electrons. The number of unbranched alkanes of at least 4 members (excludes halogenated alkanes) is 5. The minimum absolute atomic E-state index is 0.0676. The Labute approximate surface area is 181 Å². The Morgan fingerprint density at radius 3 is 2.45 bits per heavy atom. The Morgan fingerprint density at radius 1 is 1.14 bits per heavy atom. The van der Waals surface area contributed by atoms with Gasteiger partial charge in [-0.3, -0.25) is 9.36 Å². The van der Waals surface area contributed by atoms with Gasteiger partial charge in [-0.1, -0.05) is 46.1 Å². The van der Waals surface area contributed by atoms with E-state index in [1.807, 2.05) is 6.08 Å². The Kier molecular flexibility index (Phi) is 12.2. The number of nitrogens with zero attached hydrogens (tertiary/aromatic N) is 1. The molecule has 2 N–H and O–H groups in total. The molecular formula is C24H41NO3S. The van der Waals surface area contributed by atoms with Crippen LogP contribution in [-0.2, 0) is 11.3 Å². The number of carbonyl (C=O) groups is 1. The van der Waals surface area contributed by atoms with Crippen LogP contribution in [0, 0.1) is 0 Å². The first kappa shape index (κ1) is 25.7. The maximum absolute atomic E-state index is 11.9. The molecule has 0 aliphatic carbocycles. The number of aromatic hydroxyl groups is 2. The molecule has 0 bridgehead atoms. The number of Topliss-reactive ketones (excluding diaryl/α,β-unsaturated/α-hetero) is 1. The first-order chi connectivity index (χ1) is 13.9. The fourth-order valence-corrected chi connectivity index (χ4v) is 4.71. The summed E-state index contributed by atoms with van der Waals surface area (Å²) >= 11 is 1.67. The Bertz CT molecular complexity index is 626. The van der Waals surface area contributed by atoms with Gasteiger partial charge in [-0.25, -0.2) is 0 Å². The van der Waals surface area contributed by atoms with Gasteiger partial charge in [0, 0.05) is 30.2 Å². The zero-order valence-corrected chi connectivity index (χ0v) is 19.5. The normalized spacial score (nSPS) is 13.3. The highest BCUT2D eigenvalue weighted by Crippen LogP contribution is 2.45. The summed E-state index contributed by atoms with van der Waals surface area (Å²) in [6.07, 6.45) is 13.2. The summed E-state index contributed by atoms with van der Waals surface area (Å²) in [5.74, 6) is 0.629. The SMILES string of the molecule is C=CCCCCC(=O)CCCCCn1c(O)cc(SC(C)(CC)CCCC)c1O. The highest BCUT2D eigenvalue weighted by atomic mass is 32.2. The van der Waals surface area contributed by atoms with E-state index in [1.54, 1.807) is 22.4 Å². The first-order valence-electron chi connectivity index (χ1n) is 11.3. The van der Waals surface area contributed by atoms with Crippen molar-refractivity contribution in [2.75, 3.05) is 0 Å². The summed E-state index contributed by atoms with van der Waals surface area (Å²) in [4.78, 5) is 12.6. The van der Waals surface area contributed by atoms with Crippen molar-refractivity contribution >= 4 is 17.5 Å². The van der Waals surface area contributed by atoms with Gasteiger partial charge in [0.05, 0.1) is 4.90 Å². The van der Waals surface area contributed by atoms with E-state index in [0.717, 1.165) is 69.1 Å². The summed E-state index contributed by atoms with van der Waals surface area (Å²) in [6.45, 7) is 10.9. The molecule has 1 rings (SSSR count). The topological polar surface area (TPSA) is 62.5 Å². The average molecular weight is 424 g/mol. The lowest BCUT2D eigenvalue weighted by Gasteiger charge is -2.27. The molecule has 1 unspecified atom stereocenters. The van der Waals surface area contributed by atoms with Crippen molar-refractivity contribution in [2.24, 2.45) is 0 Å². The van der Waals surface area contributed by atoms with Crippen LogP contribution in [0.15, 0.2) is 23.6 Å². The number of aromatic nitrogens is 1. The molecule has 5 heteroatoms. The summed E-state index contributed by atoms with van der Waals surface area (Å²) in [7, 11) is 0. The molecule has 1 aromatic rings. The lowest BCUT2D eigenvalue weighted by atomic mass is 10.0. The van der Waals surface area contributed by atoms with Gasteiger partial charge in [0.2, 0.25) is 5.88 Å². The van der Waals surface area contributed by atoms with Gasteiger partial charge < -0.3 is 10.2 Å². The monoisotopic (exact) mass is 423 g/mol. The molecule has 1 atom stereocenters. The number of carbonyl (C=O) groups excluding carboxylic acids is 1. The quantitative estimate of drug-likeness (QED) is 0.158. The summed E-state index contributed by atoms with van der Waals surface area (Å²) in [5, 5.41) is 20.9. The lowest BCUT2D eigenvalue weighted by Crippen LogP contribution is -2.18. The molecule has 0 fully saturated rings. The van der Waals surface area contributed by atoms with Crippen LogP contribution < -0.4 is 0 Å². The van der Waals surface area contributed by atoms with Crippen LogP contribution in [0.25, 0.3) is 0 Å². The van der Waals surface area contributed by atoms with Crippen molar-refractivity contribution in [2.45, 2.75) is 114 Å². The zero-order chi connectivity index (χ0) is 21.7. The van der Waals surface area contributed by atoms with Gasteiger partial charge >= 0.3 is 0 Å². The molecule has 0 aliphatic rings. The third kappa shape index (κ3) is 9.33. The molecule has 0 spiro atoms. The number of ketones is 1. The van der Waals surface area contributed by atoms with Crippen LogP contribution in [-0.4, -0.2) is 25.3 Å². The van der Waals surface area contributed by atoms with Crippen molar-refractivity contribution in [1.29, 1.82) is 0 Å². The average Bonchev–Trinajstić information content (AvgIpc) is 2.96. The minimum Gasteiger partial charge on any atom is -0.494 e. The molecule has 0 saturated carbocycles. The van der Waals surface area contributed by atoms with Crippen molar-refractivity contribution in [1.82, 2.24) is 4.57 Å². The largest absolute Gasteiger partial charge is 0.494 e. The van der Waals surface area contributed by atoms with Crippen LogP contribution in [0.2, 0.25) is 0 Å². The van der Waals surface area contributed by atoms with Gasteiger partial charge in [0.25, 0.3) is 0 Å². The van der Waals surface area contributed by atoms with Crippen LogP contribution in [0.5, 0.6) is 11.8 Å². The maximum atomic E-state index is 11.9. The van der Waals surface area contributed by atoms with E-state index in [0.29, 0.717) is 25.2 Å². The van der Waals surface area contributed by atoms with Gasteiger partial charge in [-0.05, 0) is 44.9 Å². The maximum Gasteiger partial charge on any atom is 0.208 e. The molecule has 29 heavy (non-hydrogen) atoms. The summed E-state index contributed by atoms with van der Waals surface area (Å²) in [5.41, 5.74) is 0. The Balaban J connectivity index is 2.44. The van der Waals surface area contributed by atoms with Crippen molar-refractivity contribution < 1.29 is 15.0 Å². The molecule has 0 aliphatic heterocycles. The number of hydrogen-bond donors (Lipinski definition) is 2. The van der Waals surface area contributed by atoms with Crippen molar-refractivity contribution in [3.05, 3.63) is 18.7 Å². The molecule has 1 heterocycles. The zero-order valence-electron chi connectivity index (χ0n) is 18.7. The highest BCUT2D eigenvalue weighted by molar-refractivity contribution is 8.00. The minimum atomic E-state index is 0.0676. The molecule has 0 aromatic carbocycles. The van der Waals surface area contributed by atoms with Gasteiger partial charge in [0.15, 0.2) is 5.88 Å². The second-order valence-electron chi connectivity index (χ2n) is 8.23. The lowest BCUT2D eigenvalue weighted by molar-refractivity contribution is -0.119. The van der Waals surface area contributed by atoms with Gasteiger partial charge in [0.1, 0.15) is 5.78 Å². The Hall–Kier alpha value is -1.36. The van der Waals surface area contributed by atoms with E-state index >= 15 is 0 Å². The van der Waals surface area contributed by atoms with Crippen LogP contribution in [0.1, 0.15) is 97.8 Å². The molecule has 0 saturated heterocycles. The van der Waals surface area contributed by atoms with Crippen molar-refractivity contribution in [3.8, 4) is 11.8 Å². The smallest absolute Gasteiger partial charge is 0.208 e. The van der Waals surface area contributed by atoms with E-state index in [-0.39, 0.29) is 16.5 Å². The van der Waals surface area contributed by atoms with E-state index < -0.39 is 0 Å². The second-order valence-corrected chi connectivity index (χ2v) is 9.86. The van der Waals surface area contributed by atoms with E-state index in [1.165, 1.54) is 0 Å². The predicted molar refractivity (Wildman–Crippen MR) is 124 cm³/mol. The first-order valence-corrected chi connectivity index (χ1v) is 12.1. The van der Waals surface area contributed by atoms with E-state index in [2.05, 4.69) is 27.4 Å². The third-order valence-electron chi connectivity index (χ3n) is 5.63. The van der Waals surface area contributed by atoms with E-state index in [4.69, 9.17) is 0 Å². The standard InChI is InChI=1S/C24H41NO3S/c1-5-8-10-12-15-20(26)16-13-11-14-18-25-22(27)19-21(23(25)28)29-24(4,7-3)17-9-6-2/h5,19,27-28H,1,6-18H2,2-4H3.